The van der Waals surface area contributed by atoms with Crippen LogP contribution >= 0.6 is 0 Å². The second-order valence-electron chi connectivity index (χ2n) is 8.09. The Hall–Kier alpha value is -3.43. The highest BCUT2D eigenvalue weighted by Crippen LogP contribution is 2.44. The second kappa shape index (κ2) is 12.2. The third-order valence-electron chi connectivity index (χ3n) is 5.80. The van der Waals surface area contributed by atoms with Crippen LogP contribution in [0.15, 0.2) is 48.5 Å². The number of rotatable bonds is 12. The number of hydrogen-bond donors (Lipinski definition) is 4. The van der Waals surface area contributed by atoms with E-state index >= 15 is 0 Å². The minimum absolute atomic E-state index is 0.0422. The van der Waals surface area contributed by atoms with Gasteiger partial charge >= 0.3 is 12.1 Å². The number of aliphatic hydroxyl groups is 1. The zero-order chi connectivity index (χ0) is 24.5. The van der Waals surface area contributed by atoms with Crippen LogP contribution in [-0.4, -0.2) is 67.2 Å². The topological polar surface area (TPSA) is 134 Å². The average Bonchev–Trinajstić information content (AvgIpc) is 3.15. The number of aliphatic hydroxyl groups excluding tert-OH is 1. The van der Waals surface area contributed by atoms with E-state index in [1.165, 1.54) is 0 Å². The van der Waals surface area contributed by atoms with Crippen LogP contribution in [0.3, 0.4) is 0 Å². The number of fused-ring (bicyclic) bond motifs is 3. The Morgan fingerprint density at radius 2 is 1.62 bits per heavy atom. The molecule has 0 fully saturated rings. The highest BCUT2D eigenvalue weighted by Gasteiger charge is 2.29. The van der Waals surface area contributed by atoms with Crippen molar-refractivity contribution in [3.63, 3.8) is 0 Å². The van der Waals surface area contributed by atoms with E-state index in [2.05, 4.69) is 10.6 Å². The normalized spacial score (nSPS) is 13.9. The van der Waals surface area contributed by atoms with Gasteiger partial charge in [0, 0.05) is 32.6 Å². The molecule has 182 valence electrons. The molecule has 2 aromatic carbocycles. The Balaban J connectivity index is 1.58. The van der Waals surface area contributed by atoms with Gasteiger partial charge in [-0.2, -0.15) is 0 Å². The van der Waals surface area contributed by atoms with Crippen molar-refractivity contribution in [2.75, 3.05) is 26.9 Å². The van der Waals surface area contributed by atoms with Crippen LogP contribution in [0.2, 0.25) is 0 Å². The lowest BCUT2D eigenvalue weighted by Crippen LogP contribution is -2.47. The fourth-order valence-corrected chi connectivity index (χ4v) is 4.06. The first-order valence-corrected chi connectivity index (χ1v) is 11.2. The fourth-order valence-electron chi connectivity index (χ4n) is 4.06. The summed E-state index contributed by atoms with van der Waals surface area (Å²) in [4.78, 5) is 35.9. The van der Waals surface area contributed by atoms with Gasteiger partial charge < -0.3 is 30.3 Å². The molecule has 4 N–H and O–H groups in total. The van der Waals surface area contributed by atoms with Crippen molar-refractivity contribution >= 4 is 18.0 Å². The molecule has 0 saturated carbocycles. The number of hydrogen-bond acceptors (Lipinski definition) is 6. The lowest BCUT2D eigenvalue weighted by Gasteiger charge is -2.20. The van der Waals surface area contributed by atoms with Gasteiger partial charge in [0.1, 0.15) is 12.6 Å². The lowest BCUT2D eigenvalue weighted by atomic mass is 9.98. The summed E-state index contributed by atoms with van der Waals surface area (Å²) in [5.41, 5.74) is 4.41. The molecule has 0 heterocycles. The number of amides is 2. The summed E-state index contributed by atoms with van der Waals surface area (Å²) >= 11 is 0. The van der Waals surface area contributed by atoms with E-state index in [0.717, 1.165) is 22.3 Å². The molecule has 0 spiro atoms. The third kappa shape index (κ3) is 6.33. The van der Waals surface area contributed by atoms with Crippen LogP contribution in [0.25, 0.3) is 11.1 Å². The first kappa shape index (κ1) is 25.2. The van der Waals surface area contributed by atoms with Crippen molar-refractivity contribution < 1.29 is 34.1 Å². The maximum atomic E-state index is 12.6. The highest BCUT2D eigenvalue weighted by atomic mass is 16.5. The van der Waals surface area contributed by atoms with Crippen LogP contribution in [0.5, 0.6) is 0 Å². The summed E-state index contributed by atoms with van der Waals surface area (Å²) in [6.45, 7) is 0.490. The first-order valence-electron chi connectivity index (χ1n) is 11.2. The Morgan fingerprint density at radius 1 is 1.00 bits per heavy atom. The van der Waals surface area contributed by atoms with Crippen LogP contribution in [0, 0.1) is 0 Å². The molecular weight excluding hydrogens is 440 g/mol. The summed E-state index contributed by atoms with van der Waals surface area (Å²) in [5, 5.41) is 23.2. The van der Waals surface area contributed by atoms with Crippen molar-refractivity contribution in [1.29, 1.82) is 0 Å². The molecule has 0 radical (unpaired) electrons. The molecule has 9 nitrogen and oxygen atoms in total. The molecule has 34 heavy (non-hydrogen) atoms. The lowest BCUT2D eigenvalue weighted by molar-refractivity contribution is -0.147. The molecule has 2 unspecified atom stereocenters. The number of methoxy groups -OCH3 is 1. The van der Waals surface area contributed by atoms with Crippen LogP contribution in [0.1, 0.15) is 36.3 Å². The standard InChI is InChI=1S/C25H30N2O7/c1-33-14-6-11-21(23(29)26-13-12-22(28)24(30)31)27-25(32)34-15-20-18-9-4-2-7-16(18)17-8-3-5-10-19(17)20/h2-5,7-10,20-22,28H,6,11-15H2,1H3,(H,26,29)(H,27,32)(H,30,31). The molecule has 0 saturated heterocycles. The van der Waals surface area contributed by atoms with Crippen molar-refractivity contribution in [3.8, 4) is 11.1 Å². The smallest absolute Gasteiger partial charge is 0.407 e. The van der Waals surface area contributed by atoms with Crippen molar-refractivity contribution in [3.05, 3.63) is 59.7 Å². The van der Waals surface area contributed by atoms with E-state index in [0.29, 0.717) is 19.4 Å². The Morgan fingerprint density at radius 3 is 2.21 bits per heavy atom. The highest BCUT2D eigenvalue weighted by molar-refractivity contribution is 5.85. The van der Waals surface area contributed by atoms with E-state index in [4.69, 9.17) is 14.6 Å². The van der Waals surface area contributed by atoms with Gasteiger partial charge in [-0.15, -0.1) is 0 Å². The molecular formula is C25H30N2O7. The van der Waals surface area contributed by atoms with Crippen LogP contribution < -0.4 is 10.6 Å². The number of nitrogens with one attached hydrogen (secondary N) is 2. The number of carbonyl (C=O) groups excluding carboxylic acids is 2. The van der Waals surface area contributed by atoms with Gasteiger partial charge in [0.25, 0.3) is 0 Å². The zero-order valence-corrected chi connectivity index (χ0v) is 19.0. The van der Waals surface area contributed by atoms with E-state index < -0.39 is 30.1 Å². The average molecular weight is 471 g/mol. The Labute approximate surface area is 198 Å². The van der Waals surface area contributed by atoms with E-state index in [1.807, 2.05) is 48.5 Å². The van der Waals surface area contributed by atoms with Gasteiger partial charge in [0.2, 0.25) is 5.91 Å². The van der Waals surface area contributed by atoms with E-state index in [9.17, 15) is 19.5 Å². The fraction of sp³-hybridized carbons (Fsp3) is 0.400. The van der Waals surface area contributed by atoms with Gasteiger partial charge in [-0.25, -0.2) is 9.59 Å². The number of alkyl carbamates (subject to hydrolysis) is 1. The maximum absolute atomic E-state index is 12.6. The summed E-state index contributed by atoms with van der Waals surface area (Å²) in [7, 11) is 1.54. The number of ether oxygens (including phenoxy) is 2. The van der Waals surface area contributed by atoms with Crippen molar-refractivity contribution in [1.82, 2.24) is 10.6 Å². The van der Waals surface area contributed by atoms with E-state index in [1.54, 1.807) is 7.11 Å². The van der Waals surface area contributed by atoms with Crippen LogP contribution in [-0.2, 0) is 19.1 Å². The third-order valence-corrected chi connectivity index (χ3v) is 5.80. The number of carboxylic acids is 1. The quantitative estimate of drug-likeness (QED) is 0.350. The zero-order valence-electron chi connectivity index (χ0n) is 19.0. The molecule has 1 aliphatic carbocycles. The van der Waals surface area contributed by atoms with Gasteiger partial charge in [0.15, 0.2) is 6.10 Å². The molecule has 2 amide bonds. The first-order chi connectivity index (χ1) is 16.4. The maximum Gasteiger partial charge on any atom is 0.407 e. The van der Waals surface area contributed by atoms with Gasteiger partial charge in [-0.05, 0) is 35.1 Å². The SMILES string of the molecule is COCCCC(NC(=O)OCC1c2ccccc2-c2ccccc21)C(=O)NCCC(O)C(=O)O. The number of carbonyl (C=O) groups is 3. The minimum Gasteiger partial charge on any atom is -0.479 e. The number of benzene rings is 2. The summed E-state index contributed by atoms with van der Waals surface area (Å²) in [6.07, 6.45) is -1.59. The molecule has 0 bridgehead atoms. The second-order valence-corrected chi connectivity index (χ2v) is 8.09. The predicted octanol–water partition coefficient (Wildman–Crippen LogP) is 2.27. The number of carboxylic acid groups (broad SMARTS) is 1. The Bertz CT molecular complexity index is 965. The summed E-state index contributed by atoms with van der Waals surface area (Å²) < 4.78 is 10.5. The van der Waals surface area contributed by atoms with Gasteiger partial charge in [-0.1, -0.05) is 48.5 Å². The largest absolute Gasteiger partial charge is 0.479 e. The van der Waals surface area contributed by atoms with Crippen molar-refractivity contribution in [2.24, 2.45) is 0 Å². The summed E-state index contributed by atoms with van der Waals surface area (Å²) in [6, 6.07) is 15.1. The molecule has 2 aromatic rings. The van der Waals surface area contributed by atoms with Gasteiger partial charge in [0.05, 0.1) is 0 Å². The molecule has 0 aromatic heterocycles. The monoisotopic (exact) mass is 470 g/mol. The molecule has 9 heteroatoms. The minimum atomic E-state index is -1.57. The molecule has 3 rings (SSSR count). The molecule has 1 aliphatic rings. The summed E-state index contributed by atoms with van der Waals surface area (Å²) in [5.74, 6) is -1.94. The number of aliphatic carboxylic acids is 1. The Kier molecular flexibility index (Phi) is 9.00. The van der Waals surface area contributed by atoms with Crippen molar-refractivity contribution in [2.45, 2.75) is 37.3 Å². The molecule has 0 aliphatic heterocycles. The van der Waals surface area contributed by atoms with E-state index in [-0.39, 0.29) is 25.5 Å². The molecule has 2 atom stereocenters. The van der Waals surface area contributed by atoms with Crippen LogP contribution in [0.4, 0.5) is 4.79 Å². The van der Waals surface area contributed by atoms with Gasteiger partial charge in [-0.3, -0.25) is 4.79 Å². The predicted molar refractivity (Wildman–Crippen MR) is 124 cm³/mol.